The van der Waals surface area contributed by atoms with Crippen LogP contribution in [0.1, 0.15) is 6.42 Å². The Labute approximate surface area is 113 Å². The Morgan fingerprint density at radius 1 is 1.44 bits per heavy atom. The number of carbonyl (C=O) groups is 2. The Bertz CT molecular complexity index is 504. The van der Waals surface area contributed by atoms with E-state index in [4.69, 9.17) is 4.74 Å². The van der Waals surface area contributed by atoms with E-state index in [1.165, 1.54) is 7.05 Å². The molecule has 5 nitrogen and oxygen atoms in total. The first-order chi connectivity index (χ1) is 8.52. The number of nitrogens with one attached hydrogen (secondary N) is 1. The lowest BCUT2D eigenvalue weighted by molar-refractivity contribution is -0.136. The fourth-order valence-electron chi connectivity index (χ4n) is 1.85. The van der Waals surface area contributed by atoms with E-state index >= 15 is 0 Å². The monoisotopic (exact) mass is 312 g/mol. The van der Waals surface area contributed by atoms with Gasteiger partial charge in [0.15, 0.2) is 0 Å². The van der Waals surface area contributed by atoms with E-state index in [1.807, 2.05) is 12.1 Å². The number of anilines is 1. The second-order valence-corrected chi connectivity index (χ2v) is 4.95. The van der Waals surface area contributed by atoms with Crippen LogP contribution < -0.4 is 10.1 Å². The fourth-order valence-corrected chi connectivity index (χ4v) is 2.21. The van der Waals surface area contributed by atoms with Gasteiger partial charge in [0.2, 0.25) is 5.91 Å². The zero-order valence-electron chi connectivity index (χ0n) is 10.1. The standard InChI is InChI=1S/C12H13BrN2O3/c1-15-11(16)6-9(12(15)17)14-8-5-7(13)3-4-10(8)18-2/h3-5,9,14H,6H2,1-2H3. The minimum Gasteiger partial charge on any atom is -0.495 e. The van der Waals surface area contributed by atoms with Crippen molar-refractivity contribution in [1.82, 2.24) is 4.90 Å². The Kier molecular flexibility index (Phi) is 3.56. The molecule has 0 aliphatic carbocycles. The van der Waals surface area contributed by atoms with Crippen molar-refractivity contribution in [2.45, 2.75) is 12.5 Å². The molecule has 0 aromatic heterocycles. The summed E-state index contributed by atoms with van der Waals surface area (Å²) in [5, 5.41) is 3.04. The lowest BCUT2D eigenvalue weighted by atomic mass is 10.2. The van der Waals surface area contributed by atoms with E-state index in [-0.39, 0.29) is 18.2 Å². The van der Waals surface area contributed by atoms with Gasteiger partial charge in [-0.2, -0.15) is 0 Å². The molecule has 1 aliphatic rings. The number of rotatable bonds is 3. The van der Waals surface area contributed by atoms with Crippen molar-refractivity contribution < 1.29 is 14.3 Å². The first kappa shape index (κ1) is 12.9. The molecule has 18 heavy (non-hydrogen) atoms. The van der Waals surface area contributed by atoms with E-state index < -0.39 is 6.04 Å². The van der Waals surface area contributed by atoms with Gasteiger partial charge in [0.05, 0.1) is 19.2 Å². The van der Waals surface area contributed by atoms with Crippen LogP contribution >= 0.6 is 15.9 Å². The molecule has 1 fully saturated rings. The van der Waals surface area contributed by atoms with Crippen molar-refractivity contribution in [3.05, 3.63) is 22.7 Å². The maximum atomic E-state index is 11.8. The number of ether oxygens (including phenoxy) is 1. The lowest BCUT2D eigenvalue weighted by Crippen LogP contribution is -2.31. The van der Waals surface area contributed by atoms with Crippen molar-refractivity contribution in [3.63, 3.8) is 0 Å². The predicted octanol–water partition coefficient (Wildman–Crippen LogP) is 1.63. The van der Waals surface area contributed by atoms with Crippen LogP contribution in [0.25, 0.3) is 0 Å². The van der Waals surface area contributed by atoms with Gasteiger partial charge in [-0.3, -0.25) is 14.5 Å². The third-order valence-corrected chi connectivity index (χ3v) is 3.37. The van der Waals surface area contributed by atoms with Gasteiger partial charge in [0.25, 0.3) is 5.91 Å². The van der Waals surface area contributed by atoms with Crippen LogP contribution in [0.5, 0.6) is 5.75 Å². The first-order valence-corrected chi connectivity index (χ1v) is 6.22. The number of likely N-dealkylation sites (N-methyl/N-ethyl adjacent to an activating group) is 1. The molecule has 96 valence electrons. The molecule has 0 bridgehead atoms. The molecule has 1 saturated heterocycles. The van der Waals surface area contributed by atoms with Gasteiger partial charge >= 0.3 is 0 Å². The Hall–Kier alpha value is -1.56. The summed E-state index contributed by atoms with van der Waals surface area (Å²) in [6.45, 7) is 0. The van der Waals surface area contributed by atoms with Crippen molar-refractivity contribution in [1.29, 1.82) is 0 Å². The molecule has 1 aromatic carbocycles. The van der Waals surface area contributed by atoms with Crippen LogP contribution in [-0.2, 0) is 9.59 Å². The number of imide groups is 1. The van der Waals surface area contributed by atoms with Crippen molar-refractivity contribution in [3.8, 4) is 5.75 Å². The number of nitrogens with zero attached hydrogens (tertiary/aromatic N) is 1. The Morgan fingerprint density at radius 3 is 2.72 bits per heavy atom. The average Bonchev–Trinajstić information content (AvgIpc) is 2.57. The first-order valence-electron chi connectivity index (χ1n) is 5.43. The number of benzene rings is 1. The van der Waals surface area contributed by atoms with Crippen LogP contribution in [0.2, 0.25) is 0 Å². The Balaban J connectivity index is 2.22. The molecule has 1 unspecified atom stereocenters. The molecule has 6 heteroatoms. The van der Waals surface area contributed by atoms with E-state index in [9.17, 15) is 9.59 Å². The molecule has 1 N–H and O–H groups in total. The zero-order chi connectivity index (χ0) is 13.3. The molecule has 2 rings (SSSR count). The SMILES string of the molecule is COc1ccc(Br)cc1NC1CC(=O)N(C)C1=O. The topological polar surface area (TPSA) is 58.6 Å². The maximum Gasteiger partial charge on any atom is 0.251 e. The van der Waals surface area contributed by atoms with Crippen molar-refractivity contribution in [2.24, 2.45) is 0 Å². The number of halogens is 1. The quantitative estimate of drug-likeness (QED) is 0.862. The predicted molar refractivity (Wildman–Crippen MR) is 70.5 cm³/mol. The van der Waals surface area contributed by atoms with Crippen LogP contribution in [-0.4, -0.2) is 36.9 Å². The summed E-state index contributed by atoms with van der Waals surface area (Å²) < 4.78 is 6.08. The average molecular weight is 313 g/mol. The Morgan fingerprint density at radius 2 is 2.17 bits per heavy atom. The number of amides is 2. The largest absolute Gasteiger partial charge is 0.495 e. The van der Waals surface area contributed by atoms with Gasteiger partial charge in [-0.15, -0.1) is 0 Å². The van der Waals surface area contributed by atoms with Crippen LogP contribution in [0, 0.1) is 0 Å². The summed E-state index contributed by atoms with van der Waals surface area (Å²) in [6.07, 6.45) is 0.172. The van der Waals surface area contributed by atoms with Crippen molar-refractivity contribution in [2.75, 3.05) is 19.5 Å². The summed E-state index contributed by atoms with van der Waals surface area (Å²) in [5.74, 6) is 0.237. The summed E-state index contributed by atoms with van der Waals surface area (Å²) >= 11 is 3.36. The summed E-state index contributed by atoms with van der Waals surface area (Å²) in [5.41, 5.74) is 0.688. The van der Waals surface area contributed by atoms with Gasteiger partial charge in [-0.25, -0.2) is 0 Å². The molecule has 1 aromatic rings. The number of carbonyl (C=O) groups excluding carboxylic acids is 2. The molecule has 0 spiro atoms. The van der Waals surface area contributed by atoms with Gasteiger partial charge in [-0.1, -0.05) is 15.9 Å². The van der Waals surface area contributed by atoms with Crippen molar-refractivity contribution >= 4 is 33.4 Å². The van der Waals surface area contributed by atoms with Crippen LogP contribution in [0.3, 0.4) is 0 Å². The molecular weight excluding hydrogens is 300 g/mol. The van der Waals surface area contributed by atoms with Gasteiger partial charge < -0.3 is 10.1 Å². The molecule has 1 atom stereocenters. The van der Waals surface area contributed by atoms with E-state index in [0.29, 0.717) is 11.4 Å². The molecule has 1 heterocycles. The molecule has 0 saturated carbocycles. The molecule has 1 aliphatic heterocycles. The number of likely N-dealkylation sites (tertiary alicyclic amines) is 1. The minimum absolute atomic E-state index is 0.172. The summed E-state index contributed by atoms with van der Waals surface area (Å²) in [6, 6.07) is 4.93. The third-order valence-electron chi connectivity index (χ3n) is 2.87. The highest BCUT2D eigenvalue weighted by molar-refractivity contribution is 9.10. The second kappa shape index (κ2) is 4.97. The van der Waals surface area contributed by atoms with E-state index in [1.54, 1.807) is 13.2 Å². The third kappa shape index (κ3) is 2.33. The summed E-state index contributed by atoms with van der Waals surface area (Å²) in [4.78, 5) is 24.4. The zero-order valence-corrected chi connectivity index (χ0v) is 11.7. The number of hydrogen-bond donors (Lipinski definition) is 1. The number of hydrogen-bond acceptors (Lipinski definition) is 4. The van der Waals surface area contributed by atoms with E-state index in [0.717, 1.165) is 9.37 Å². The molecule has 2 amide bonds. The van der Waals surface area contributed by atoms with E-state index in [2.05, 4.69) is 21.2 Å². The van der Waals surface area contributed by atoms with Crippen LogP contribution in [0.4, 0.5) is 5.69 Å². The van der Waals surface area contributed by atoms with Crippen LogP contribution in [0.15, 0.2) is 22.7 Å². The van der Waals surface area contributed by atoms with Gasteiger partial charge in [0, 0.05) is 11.5 Å². The normalized spacial score (nSPS) is 19.3. The number of methoxy groups -OCH3 is 1. The van der Waals surface area contributed by atoms with Gasteiger partial charge in [-0.05, 0) is 18.2 Å². The lowest BCUT2D eigenvalue weighted by Gasteiger charge is -2.15. The highest BCUT2D eigenvalue weighted by atomic mass is 79.9. The summed E-state index contributed by atoms with van der Waals surface area (Å²) in [7, 11) is 3.05. The minimum atomic E-state index is -0.523. The smallest absolute Gasteiger partial charge is 0.251 e. The maximum absolute atomic E-state index is 11.8. The van der Waals surface area contributed by atoms with Gasteiger partial charge in [0.1, 0.15) is 11.8 Å². The fraction of sp³-hybridized carbons (Fsp3) is 0.333. The molecule has 0 radical (unpaired) electrons. The highest BCUT2D eigenvalue weighted by Gasteiger charge is 2.36. The second-order valence-electron chi connectivity index (χ2n) is 4.04. The highest BCUT2D eigenvalue weighted by Crippen LogP contribution is 2.29. The molecular formula is C12H13BrN2O3.